The monoisotopic (exact) mass is 445 g/mol. The van der Waals surface area contributed by atoms with Crippen LogP contribution in [0.15, 0.2) is 0 Å². The Morgan fingerprint density at radius 1 is 0.839 bits per heavy atom. The predicted octanol–water partition coefficient (Wildman–Crippen LogP) is -2.28. The summed E-state index contributed by atoms with van der Waals surface area (Å²) in [6.07, 6.45) is 2.83. The number of hydrogen-bond donors (Lipinski definition) is 5. The molecule has 0 aliphatic carbocycles. The molecule has 4 amide bonds. The molecule has 31 heavy (non-hydrogen) atoms. The number of aldehydes is 1. The summed E-state index contributed by atoms with van der Waals surface area (Å²) in [7, 11) is 1.73. The molecule has 0 fully saturated rings. The summed E-state index contributed by atoms with van der Waals surface area (Å²) in [5.74, 6) is -1.57. The van der Waals surface area contributed by atoms with Gasteiger partial charge in [-0.2, -0.15) is 0 Å². The van der Waals surface area contributed by atoms with E-state index >= 15 is 0 Å². The summed E-state index contributed by atoms with van der Waals surface area (Å²) >= 11 is 0. The Labute approximate surface area is 182 Å². The summed E-state index contributed by atoms with van der Waals surface area (Å²) < 4.78 is 9.95. The van der Waals surface area contributed by atoms with Gasteiger partial charge in [0, 0.05) is 37.9 Å². The quantitative estimate of drug-likeness (QED) is 0.102. The minimum Gasteiger partial charge on any atom is -0.370 e. The van der Waals surface area contributed by atoms with E-state index in [9.17, 15) is 24.0 Å². The van der Waals surface area contributed by atoms with Gasteiger partial charge in [-0.05, 0) is 26.3 Å². The fourth-order valence-corrected chi connectivity index (χ4v) is 2.84. The number of hydrogen-bond acceptors (Lipinski definition) is 8. The minimum atomic E-state index is -0.581. The molecule has 0 radical (unpaired) electrons. The molecule has 0 heterocycles. The Balaban J connectivity index is 4.42. The normalized spacial score (nSPS) is 11.0. The number of ether oxygens (including phenoxy) is 2. The summed E-state index contributed by atoms with van der Waals surface area (Å²) in [6, 6.07) is 0. The molecule has 178 valence electrons. The van der Waals surface area contributed by atoms with E-state index in [0.29, 0.717) is 25.7 Å². The van der Waals surface area contributed by atoms with Crippen molar-refractivity contribution in [3.63, 3.8) is 0 Å². The highest BCUT2D eigenvalue weighted by Gasteiger charge is 2.29. The smallest absolute Gasteiger partial charge is 0.243 e. The van der Waals surface area contributed by atoms with Gasteiger partial charge in [-0.15, -0.1) is 0 Å². The number of carbonyl (C=O) groups is 5. The Kier molecular flexibility index (Phi) is 15.7. The lowest BCUT2D eigenvalue weighted by Gasteiger charge is -2.33. The zero-order valence-corrected chi connectivity index (χ0v) is 18.1. The van der Waals surface area contributed by atoms with Crippen LogP contribution in [0.5, 0.6) is 0 Å². The minimum absolute atomic E-state index is 0.167. The second-order valence-electron chi connectivity index (χ2n) is 6.97. The van der Waals surface area contributed by atoms with Gasteiger partial charge in [0.05, 0.1) is 13.2 Å². The molecular formula is C19H35N5O7. The number of rotatable bonds is 20. The topological polar surface area (TPSA) is 192 Å². The Morgan fingerprint density at radius 2 is 1.29 bits per heavy atom. The van der Waals surface area contributed by atoms with Crippen molar-refractivity contribution in [2.45, 2.75) is 44.1 Å². The van der Waals surface area contributed by atoms with Crippen LogP contribution in [-0.2, 0) is 33.4 Å². The molecule has 0 aliphatic rings. The van der Waals surface area contributed by atoms with Crippen LogP contribution in [0.25, 0.3) is 0 Å². The van der Waals surface area contributed by atoms with Gasteiger partial charge in [0.1, 0.15) is 19.5 Å². The van der Waals surface area contributed by atoms with E-state index in [0.717, 1.165) is 6.29 Å². The molecule has 0 aliphatic heterocycles. The highest BCUT2D eigenvalue weighted by atomic mass is 16.5. The summed E-state index contributed by atoms with van der Waals surface area (Å²) in [5, 5.41) is 8.53. The zero-order chi connectivity index (χ0) is 23.5. The standard InChI is InChI=1S/C19H35N5O7/c1-22-19(5-2-10-25,6-3-17(28)23-8-11-30-13-15(20)26)7-4-18(29)24-9-12-31-14-16(21)27/h10,22H,2-9,11-14H2,1H3,(H2,20,26)(H2,21,27)(H,23,28)(H,24,29). The van der Waals surface area contributed by atoms with E-state index in [1.807, 2.05) is 0 Å². The maximum absolute atomic E-state index is 12.1. The van der Waals surface area contributed by atoms with Crippen LogP contribution in [0.3, 0.4) is 0 Å². The van der Waals surface area contributed by atoms with Crippen molar-refractivity contribution in [1.82, 2.24) is 16.0 Å². The average Bonchev–Trinajstić information content (AvgIpc) is 2.72. The van der Waals surface area contributed by atoms with E-state index in [4.69, 9.17) is 20.9 Å². The molecule has 7 N–H and O–H groups in total. The molecular weight excluding hydrogens is 410 g/mol. The molecule has 0 rings (SSSR count). The molecule has 0 saturated heterocycles. The van der Waals surface area contributed by atoms with E-state index < -0.39 is 17.4 Å². The first-order valence-corrected chi connectivity index (χ1v) is 10.1. The second-order valence-corrected chi connectivity index (χ2v) is 6.97. The lowest BCUT2D eigenvalue weighted by atomic mass is 9.83. The molecule has 0 aromatic heterocycles. The third kappa shape index (κ3) is 15.9. The van der Waals surface area contributed by atoms with Crippen molar-refractivity contribution >= 4 is 29.9 Å². The second kappa shape index (κ2) is 17.1. The largest absolute Gasteiger partial charge is 0.370 e. The van der Waals surface area contributed by atoms with Crippen LogP contribution >= 0.6 is 0 Å². The summed E-state index contributed by atoms with van der Waals surface area (Å²) in [5.41, 5.74) is 9.35. The van der Waals surface area contributed by atoms with Crippen molar-refractivity contribution in [1.29, 1.82) is 0 Å². The maximum Gasteiger partial charge on any atom is 0.243 e. The number of nitrogens with one attached hydrogen (secondary N) is 3. The SMILES string of the molecule is CNC(CCC=O)(CCC(=O)NCCOCC(N)=O)CCC(=O)NCCOCC(N)=O. The highest BCUT2D eigenvalue weighted by molar-refractivity contribution is 5.77. The van der Waals surface area contributed by atoms with Gasteiger partial charge in [0.15, 0.2) is 0 Å². The first-order valence-electron chi connectivity index (χ1n) is 10.1. The molecule has 0 unspecified atom stereocenters. The van der Waals surface area contributed by atoms with Gasteiger partial charge in [0.2, 0.25) is 23.6 Å². The van der Waals surface area contributed by atoms with E-state index in [1.54, 1.807) is 7.05 Å². The first kappa shape index (κ1) is 28.4. The van der Waals surface area contributed by atoms with Gasteiger partial charge in [-0.25, -0.2) is 0 Å². The van der Waals surface area contributed by atoms with E-state index in [1.165, 1.54) is 0 Å². The van der Waals surface area contributed by atoms with E-state index in [-0.39, 0.29) is 64.2 Å². The van der Waals surface area contributed by atoms with Gasteiger partial charge < -0.3 is 41.7 Å². The molecule has 0 atom stereocenters. The van der Waals surface area contributed by atoms with Gasteiger partial charge in [0.25, 0.3) is 0 Å². The Bertz CT molecular complexity index is 546. The number of carbonyl (C=O) groups excluding carboxylic acids is 5. The zero-order valence-electron chi connectivity index (χ0n) is 18.1. The average molecular weight is 446 g/mol. The summed E-state index contributed by atoms with van der Waals surface area (Å²) in [6.45, 7) is 0.411. The van der Waals surface area contributed by atoms with Gasteiger partial charge in [-0.1, -0.05) is 0 Å². The molecule has 0 saturated carbocycles. The lowest BCUT2D eigenvalue weighted by Crippen LogP contribution is -2.45. The third-order valence-corrected chi connectivity index (χ3v) is 4.56. The van der Waals surface area contributed by atoms with Gasteiger partial charge in [-0.3, -0.25) is 19.2 Å². The van der Waals surface area contributed by atoms with Crippen LogP contribution in [0.2, 0.25) is 0 Å². The number of nitrogens with two attached hydrogens (primary N) is 2. The molecule has 0 aromatic carbocycles. The number of amides is 4. The molecule has 0 aromatic rings. The molecule has 12 heteroatoms. The Morgan fingerprint density at radius 3 is 1.65 bits per heavy atom. The lowest BCUT2D eigenvalue weighted by molar-refractivity contribution is -0.124. The fraction of sp³-hybridized carbons (Fsp3) is 0.737. The predicted molar refractivity (Wildman–Crippen MR) is 112 cm³/mol. The number of primary amides is 2. The first-order chi connectivity index (χ1) is 14.7. The van der Waals surface area contributed by atoms with Crippen LogP contribution in [0.4, 0.5) is 0 Å². The van der Waals surface area contributed by atoms with Crippen molar-refractivity contribution in [2.75, 3.05) is 46.6 Å². The van der Waals surface area contributed by atoms with Crippen molar-refractivity contribution in [2.24, 2.45) is 11.5 Å². The summed E-state index contributed by atoms with van der Waals surface area (Å²) in [4.78, 5) is 56.2. The molecule has 0 bridgehead atoms. The highest BCUT2D eigenvalue weighted by Crippen LogP contribution is 2.25. The van der Waals surface area contributed by atoms with Crippen molar-refractivity contribution in [3.8, 4) is 0 Å². The van der Waals surface area contributed by atoms with Crippen molar-refractivity contribution in [3.05, 3.63) is 0 Å². The van der Waals surface area contributed by atoms with Crippen LogP contribution in [0, 0.1) is 0 Å². The van der Waals surface area contributed by atoms with Crippen molar-refractivity contribution < 1.29 is 33.4 Å². The Hall–Kier alpha value is -2.57. The van der Waals surface area contributed by atoms with Crippen LogP contribution in [-0.4, -0.2) is 82.0 Å². The fourth-order valence-electron chi connectivity index (χ4n) is 2.84. The molecule has 12 nitrogen and oxygen atoms in total. The maximum atomic E-state index is 12.1. The molecule has 0 spiro atoms. The van der Waals surface area contributed by atoms with Crippen LogP contribution < -0.4 is 27.4 Å². The van der Waals surface area contributed by atoms with E-state index in [2.05, 4.69) is 16.0 Å². The third-order valence-electron chi connectivity index (χ3n) is 4.56. The van der Waals surface area contributed by atoms with Gasteiger partial charge >= 0.3 is 0 Å². The van der Waals surface area contributed by atoms with Crippen LogP contribution in [0.1, 0.15) is 38.5 Å².